The highest BCUT2D eigenvalue weighted by atomic mass is 32.1. The van der Waals surface area contributed by atoms with Crippen molar-refractivity contribution < 1.29 is 9.26 Å². The Morgan fingerprint density at radius 2 is 2.44 bits per heavy atom. The predicted molar refractivity (Wildman–Crippen MR) is 62.1 cm³/mol. The quantitative estimate of drug-likeness (QED) is 0.781. The van der Waals surface area contributed by atoms with Crippen LogP contribution in [0.4, 0.5) is 0 Å². The van der Waals surface area contributed by atoms with Gasteiger partial charge < -0.3 is 15.0 Å². The molecular weight excluding hydrogens is 224 g/mol. The zero-order valence-electron chi connectivity index (χ0n) is 8.89. The van der Waals surface area contributed by atoms with Gasteiger partial charge in [-0.05, 0) is 11.4 Å². The Hall–Kier alpha value is -1.17. The highest BCUT2D eigenvalue weighted by Gasteiger charge is 2.02. The Morgan fingerprint density at radius 3 is 3.12 bits per heavy atom. The van der Waals surface area contributed by atoms with Crippen LogP contribution in [-0.2, 0) is 24.3 Å². The van der Waals surface area contributed by atoms with Crippen LogP contribution in [0.5, 0.6) is 0 Å². The fourth-order valence-corrected chi connectivity index (χ4v) is 2.01. The van der Waals surface area contributed by atoms with Gasteiger partial charge in [0, 0.05) is 23.9 Å². The van der Waals surface area contributed by atoms with Crippen molar-refractivity contribution in [3.8, 4) is 0 Å². The molecule has 0 spiro atoms. The first-order valence-electron chi connectivity index (χ1n) is 5.13. The molecule has 0 fully saturated rings. The van der Waals surface area contributed by atoms with Crippen LogP contribution in [0, 0.1) is 0 Å². The van der Waals surface area contributed by atoms with Gasteiger partial charge in [0.05, 0.1) is 12.3 Å². The molecule has 0 radical (unpaired) electrons. The van der Waals surface area contributed by atoms with Gasteiger partial charge in [-0.25, -0.2) is 0 Å². The molecule has 0 bridgehead atoms. The molecule has 0 saturated carbocycles. The lowest BCUT2D eigenvalue weighted by Crippen LogP contribution is -1.97. The smallest absolute Gasteiger partial charge is 0.162 e. The first-order valence-corrected chi connectivity index (χ1v) is 6.01. The zero-order valence-corrected chi connectivity index (χ0v) is 9.70. The number of ether oxygens (including phenoxy) is 1. The van der Waals surface area contributed by atoms with Crippen molar-refractivity contribution >= 4 is 11.3 Å². The number of rotatable bonds is 6. The van der Waals surface area contributed by atoms with Gasteiger partial charge in [0.1, 0.15) is 6.61 Å². The molecule has 4 nitrogen and oxygen atoms in total. The Bertz CT molecular complexity index is 411. The van der Waals surface area contributed by atoms with E-state index < -0.39 is 0 Å². The van der Waals surface area contributed by atoms with Crippen molar-refractivity contribution in [1.82, 2.24) is 5.16 Å². The second-order valence-corrected chi connectivity index (χ2v) is 4.40. The standard InChI is InChI=1S/C11H14N2O2S/c12-7-9-6-10(15-13-9)8-14-4-3-11-2-1-5-16-11/h1-2,5-6H,3-4,7-8,12H2. The summed E-state index contributed by atoms with van der Waals surface area (Å²) in [5.41, 5.74) is 6.18. The maximum absolute atomic E-state index is 5.48. The summed E-state index contributed by atoms with van der Waals surface area (Å²) in [5, 5.41) is 5.85. The first-order chi connectivity index (χ1) is 7.88. The molecular formula is C11H14N2O2S. The summed E-state index contributed by atoms with van der Waals surface area (Å²) in [5.74, 6) is 0.728. The monoisotopic (exact) mass is 238 g/mol. The topological polar surface area (TPSA) is 61.3 Å². The molecule has 0 saturated heterocycles. The number of nitrogens with two attached hydrogens (primary N) is 1. The molecule has 2 N–H and O–H groups in total. The minimum atomic E-state index is 0.401. The summed E-state index contributed by atoms with van der Waals surface area (Å²) in [6.45, 7) is 1.55. The van der Waals surface area contributed by atoms with E-state index >= 15 is 0 Å². The normalized spacial score (nSPS) is 10.8. The van der Waals surface area contributed by atoms with Crippen molar-refractivity contribution in [1.29, 1.82) is 0 Å². The second-order valence-electron chi connectivity index (χ2n) is 3.37. The van der Waals surface area contributed by atoms with Crippen molar-refractivity contribution in [2.24, 2.45) is 5.73 Å². The number of aromatic nitrogens is 1. The van der Waals surface area contributed by atoms with E-state index in [-0.39, 0.29) is 0 Å². The van der Waals surface area contributed by atoms with Crippen LogP contribution in [0.15, 0.2) is 28.1 Å². The molecule has 2 aromatic heterocycles. The summed E-state index contributed by atoms with van der Waals surface area (Å²) in [6.07, 6.45) is 0.940. The zero-order chi connectivity index (χ0) is 11.2. The van der Waals surface area contributed by atoms with Crippen molar-refractivity contribution in [2.45, 2.75) is 19.6 Å². The second kappa shape index (κ2) is 5.79. The third-order valence-electron chi connectivity index (χ3n) is 2.13. The van der Waals surface area contributed by atoms with Crippen LogP contribution >= 0.6 is 11.3 Å². The number of hydrogen-bond donors (Lipinski definition) is 1. The maximum Gasteiger partial charge on any atom is 0.162 e. The van der Waals surface area contributed by atoms with E-state index in [9.17, 15) is 0 Å². The van der Waals surface area contributed by atoms with Gasteiger partial charge in [-0.1, -0.05) is 11.2 Å². The van der Waals surface area contributed by atoms with Gasteiger partial charge in [-0.2, -0.15) is 0 Å². The van der Waals surface area contributed by atoms with E-state index in [1.807, 2.05) is 12.1 Å². The maximum atomic E-state index is 5.48. The molecule has 2 aromatic rings. The summed E-state index contributed by atoms with van der Waals surface area (Å²) in [6, 6.07) is 5.98. The molecule has 0 aliphatic rings. The molecule has 2 heterocycles. The van der Waals surface area contributed by atoms with Crippen LogP contribution in [-0.4, -0.2) is 11.8 Å². The summed E-state index contributed by atoms with van der Waals surface area (Å²) >= 11 is 1.74. The first kappa shape index (κ1) is 11.3. The summed E-state index contributed by atoms with van der Waals surface area (Å²) < 4.78 is 10.5. The van der Waals surface area contributed by atoms with Gasteiger partial charge in [0.2, 0.25) is 0 Å². The average Bonchev–Trinajstić information content (AvgIpc) is 2.95. The molecule has 0 unspecified atom stereocenters. The molecule has 0 aliphatic carbocycles. The van der Waals surface area contributed by atoms with Crippen molar-refractivity contribution in [3.05, 3.63) is 39.9 Å². The van der Waals surface area contributed by atoms with Crippen LogP contribution in [0.25, 0.3) is 0 Å². The van der Waals surface area contributed by atoms with Crippen LogP contribution in [0.3, 0.4) is 0 Å². The van der Waals surface area contributed by atoms with Crippen LogP contribution in [0.1, 0.15) is 16.3 Å². The van der Waals surface area contributed by atoms with E-state index in [0.717, 1.165) is 17.9 Å². The predicted octanol–water partition coefficient (Wildman–Crippen LogP) is 1.95. The Kier molecular flexibility index (Phi) is 4.10. The van der Waals surface area contributed by atoms with Gasteiger partial charge in [0.15, 0.2) is 5.76 Å². The van der Waals surface area contributed by atoms with E-state index in [1.54, 1.807) is 11.3 Å². The van der Waals surface area contributed by atoms with Gasteiger partial charge >= 0.3 is 0 Å². The number of hydrogen-bond acceptors (Lipinski definition) is 5. The van der Waals surface area contributed by atoms with E-state index in [0.29, 0.717) is 19.8 Å². The SMILES string of the molecule is NCc1cc(COCCc2cccs2)on1. The minimum Gasteiger partial charge on any atom is -0.373 e. The molecule has 0 amide bonds. The van der Waals surface area contributed by atoms with Crippen molar-refractivity contribution in [3.63, 3.8) is 0 Å². The van der Waals surface area contributed by atoms with Gasteiger partial charge in [0.25, 0.3) is 0 Å². The molecule has 0 aliphatic heterocycles. The molecule has 16 heavy (non-hydrogen) atoms. The molecule has 86 valence electrons. The highest BCUT2D eigenvalue weighted by molar-refractivity contribution is 7.09. The third-order valence-corrected chi connectivity index (χ3v) is 3.07. The largest absolute Gasteiger partial charge is 0.373 e. The summed E-state index contributed by atoms with van der Waals surface area (Å²) in [7, 11) is 0. The van der Waals surface area contributed by atoms with Gasteiger partial charge in [-0.3, -0.25) is 0 Å². The van der Waals surface area contributed by atoms with Gasteiger partial charge in [-0.15, -0.1) is 11.3 Å². The average molecular weight is 238 g/mol. The Labute approximate surface area is 98.0 Å². The Balaban J connectivity index is 1.68. The van der Waals surface area contributed by atoms with Crippen molar-refractivity contribution in [2.75, 3.05) is 6.61 Å². The van der Waals surface area contributed by atoms with Crippen LogP contribution < -0.4 is 5.73 Å². The highest BCUT2D eigenvalue weighted by Crippen LogP contribution is 2.10. The molecule has 0 atom stereocenters. The van der Waals surface area contributed by atoms with E-state index in [2.05, 4.69) is 16.6 Å². The fourth-order valence-electron chi connectivity index (χ4n) is 1.32. The minimum absolute atomic E-state index is 0.401. The summed E-state index contributed by atoms with van der Waals surface area (Å²) in [4.78, 5) is 1.33. The lowest BCUT2D eigenvalue weighted by atomic mass is 10.3. The number of nitrogens with zero attached hydrogens (tertiary/aromatic N) is 1. The Morgan fingerprint density at radius 1 is 1.50 bits per heavy atom. The van der Waals surface area contributed by atoms with E-state index in [4.69, 9.17) is 15.0 Å². The fraction of sp³-hybridized carbons (Fsp3) is 0.364. The lowest BCUT2D eigenvalue weighted by Gasteiger charge is -1.99. The molecule has 5 heteroatoms. The van der Waals surface area contributed by atoms with E-state index in [1.165, 1.54) is 4.88 Å². The lowest BCUT2D eigenvalue weighted by molar-refractivity contribution is 0.104. The molecule has 2 rings (SSSR count). The third kappa shape index (κ3) is 3.16. The molecule has 0 aromatic carbocycles. The number of thiophene rings is 1. The van der Waals surface area contributed by atoms with Crippen LogP contribution in [0.2, 0.25) is 0 Å².